The second kappa shape index (κ2) is 4.94. The van der Waals surface area contributed by atoms with Crippen molar-refractivity contribution in [1.82, 2.24) is 4.57 Å². The number of hydrogen-bond acceptors (Lipinski definition) is 7. The average molecular weight is 286 g/mol. The van der Waals surface area contributed by atoms with Gasteiger partial charge in [-0.05, 0) is 6.92 Å². The maximum absolute atomic E-state index is 11.8. The molecule has 0 radical (unpaired) electrons. The van der Waals surface area contributed by atoms with Crippen molar-refractivity contribution in [2.45, 2.75) is 31.0 Å². The third-order valence-electron chi connectivity index (χ3n) is 3.32. The van der Waals surface area contributed by atoms with Gasteiger partial charge in [-0.25, -0.2) is 0 Å². The molecule has 0 amide bonds. The van der Waals surface area contributed by atoms with E-state index in [2.05, 4.69) is 0 Å². The van der Waals surface area contributed by atoms with Gasteiger partial charge in [0.05, 0.1) is 17.7 Å². The van der Waals surface area contributed by atoms with Crippen LogP contribution in [0.4, 0.5) is 5.69 Å². The fraction of sp³-hybridized carbons (Fsp3) is 0.545. The Bertz CT molecular complexity index is 582. The molecule has 20 heavy (non-hydrogen) atoms. The number of pyridine rings is 1. The Kier molecular flexibility index (Phi) is 3.61. The standard InChI is InChI=1S/C11H14N2O7/c1-11(17)9(16)7(5-14)20-10(11)12-4-6(13(18)19)2-3-8(12)15/h2-4,7,9-10,14,16-17H,5H2,1H3/t7-,9-,10-,11-/m0/s1. The predicted octanol–water partition coefficient (Wildman–Crippen LogP) is -1.24. The molecule has 1 aromatic rings. The molecule has 1 aliphatic rings. The molecule has 9 nitrogen and oxygen atoms in total. The molecule has 0 bridgehead atoms. The lowest BCUT2D eigenvalue weighted by molar-refractivity contribution is -0.385. The van der Waals surface area contributed by atoms with Gasteiger partial charge in [0.2, 0.25) is 0 Å². The summed E-state index contributed by atoms with van der Waals surface area (Å²) >= 11 is 0. The van der Waals surface area contributed by atoms with E-state index in [-0.39, 0.29) is 5.69 Å². The first kappa shape index (κ1) is 14.6. The van der Waals surface area contributed by atoms with E-state index in [9.17, 15) is 25.1 Å². The second-order valence-electron chi connectivity index (χ2n) is 4.77. The predicted molar refractivity (Wildman–Crippen MR) is 65.0 cm³/mol. The highest BCUT2D eigenvalue weighted by Crippen LogP contribution is 2.37. The first-order valence-corrected chi connectivity index (χ1v) is 5.82. The zero-order valence-electron chi connectivity index (χ0n) is 10.5. The van der Waals surface area contributed by atoms with Crippen LogP contribution in [0.1, 0.15) is 13.2 Å². The molecular formula is C11H14N2O7. The van der Waals surface area contributed by atoms with Gasteiger partial charge in [-0.15, -0.1) is 0 Å². The van der Waals surface area contributed by atoms with Gasteiger partial charge in [0.15, 0.2) is 6.23 Å². The second-order valence-corrected chi connectivity index (χ2v) is 4.77. The summed E-state index contributed by atoms with van der Waals surface area (Å²) in [6.07, 6.45) is -2.92. The summed E-state index contributed by atoms with van der Waals surface area (Å²) in [5.74, 6) is 0. The maximum Gasteiger partial charge on any atom is 0.285 e. The molecule has 1 aromatic heterocycles. The SMILES string of the molecule is C[C@@]1(O)[C@@H](n2cc([N+](=O)[O-])ccc2=O)O[C@@H](CO)[C@@H]1O. The lowest BCUT2D eigenvalue weighted by Crippen LogP contribution is -2.45. The molecule has 1 fully saturated rings. The summed E-state index contributed by atoms with van der Waals surface area (Å²) in [5.41, 5.74) is -2.86. The fourth-order valence-electron chi connectivity index (χ4n) is 2.17. The van der Waals surface area contributed by atoms with E-state index in [0.717, 1.165) is 22.9 Å². The molecule has 0 saturated carbocycles. The monoisotopic (exact) mass is 286 g/mol. The molecule has 4 atom stereocenters. The van der Waals surface area contributed by atoms with Crippen LogP contribution in [-0.2, 0) is 4.74 Å². The lowest BCUT2D eigenvalue weighted by Gasteiger charge is -2.27. The molecule has 9 heteroatoms. The molecule has 2 heterocycles. The van der Waals surface area contributed by atoms with Crippen molar-refractivity contribution in [1.29, 1.82) is 0 Å². The van der Waals surface area contributed by atoms with E-state index in [1.165, 1.54) is 6.92 Å². The highest BCUT2D eigenvalue weighted by atomic mass is 16.6. The first-order chi connectivity index (χ1) is 9.28. The van der Waals surface area contributed by atoms with Crippen molar-refractivity contribution in [3.8, 4) is 0 Å². The van der Waals surface area contributed by atoms with E-state index < -0.39 is 41.1 Å². The summed E-state index contributed by atoms with van der Waals surface area (Å²) < 4.78 is 6.06. The number of hydrogen-bond donors (Lipinski definition) is 3. The van der Waals surface area contributed by atoms with Crippen LogP contribution in [0.5, 0.6) is 0 Å². The quantitative estimate of drug-likeness (QED) is 0.467. The Morgan fingerprint density at radius 3 is 2.70 bits per heavy atom. The van der Waals surface area contributed by atoms with Gasteiger partial charge >= 0.3 is 0 Å². The van der Waals surface area contributed by atoms with Crippen LogP contribution in [0.3, 0.4) is 0 Å². The van der Waals surface area contributed by atoms with Gasteiger partial charge in [0.1, 0.15) is 17.8 Å². The zero-order valence-corrected chi connectivity index (χ0v) is 10.5. The van der Waals surface area contributed by atoms with Gasteiger partial charge in [-0.1, -0.05) is 0 Å². The smallest absolute Gasteiger partial charge is 0.285 e. The molecule has 1 saturated heterocycles. The number of aliphatic hydroxyl groups is 3. The third kappa shape index (κ3) is 2.20. The molecule has 2 rings (SSSR count). The summed E-state index contributed by atoms with van der Waals surface area (Å²) in [6.45, 7) is 0.667. The van der Waals surface area contributed by atoms with Crippen LogP contribution >= 0.6 is 0 Å². The van der Waals surface area contributed by atoms with E-state index >= 15 is 0 Å². The van der Waals surface area contributed by atoms with E-state index in [1.807, 2.05) is 0 Å². The normalized spacial score (nSPS) is 33.3. The lowest BCUT2D eigenvalue weighted by atomic mass is 9.96. The Hall–Kier alpha value is -1.81. The maximum atomic E-state index is 11.8. The summed E-state index contributed by atoms with van der Waals surface area (Å²) in [4.78, 5) is 21.8. The van der Waals surface area contributed by atoms with Crippen molar-refractivity contribution in [3.05, 3.63) is 38.8 Å². The molecule has 0 spiro atoms. The largest absolute Gasteiger partial charge is 0.394 e. The molecule has 0 aromatic carbocycles. The van der Waals surface area contributed by atoms with Gasteiger partial charge in [0.25, 0.3) is 11.2 Å². The zero-order chi connectivity index (χ0) is 15.1. The number of aliphatic hydroxyl groups excluding tert-OH is 2. The summed E-state index contributed by atoms with van der Waals surface area (Å²) in [5, 5.41) is 39.8. The average Bonchev–Trinajstić information content (AvgIpc) is 2.61. The van der Waals surface area contributed by atoms with Gasteiger partial charge in [-0.2, -0.15) is 0 Å². The molecule has 3 N–H and O–H groups in total. The van der Waals surface area contributed by atoms with Crippen molar-refractivity contribution in [2.75, 3.05) is 6.61 Å². The molecule has 1 aliphatic heterocycles. The van der Waals surface area contributed by atoms with Crippen molar-refractivity contribution >= 4 is 5.69 Å². The minimum atomic E-state index is -1.87. The first-order valence-electron chi connectivity index (χ1n) is 5.82. The number of nitrogens with zero attached hydrogens (tertiary/aromatic N) is 2. The minimum Gasteiger partial charge on any atom is -0.394 e. The van der Waals surface area contributed by atoms with Crippen molar-refractivity contribution < 1.29 is 25.0 Å². The minimum absolute atomic E-state index is 0.356. The molecule has 110 valence electrons. The Balaban J connectivity index is 2.48. The Morgan fingerprint density at radius 1 is 1.55 bits per heavy atom. The van der Waals surface area contributed by atoms with Crippen LogP contribution in [0.25, 0.3) is 0 Å². The molecular weight excluding hydrogens is 272 g/mol. The van der Waals surface area contributed by atoms with Crippen molar-refractivity contribution in [3.63, 3.8) is 0 Å². The van der Waals surface area contributed by atoms with E-state index in [1.54, 1.807) is 0 Å². The van der Waals surface area contributed by atoms with Gasteiger partial charge in [-0.3, -0.25) is 19.5 Å². The molecule has 0 aliphatic carbocycles. The van der Waals surface area contributed by atoms with Crippen molar-refractivity contribution in [2.24, 2.45) is 0 Å². The Labute approximate surface area is 112 Å². The number of ether oxygens (including phenoxy) is 1. The highest BCUT2D eigenvalue weighted by molar-refractivity contribution is 5.25. The van der Waals surface area contributed by atoms with E-state index in [0.29, 0.717) is 0 Å². The highest BCUT2D eigenvalue weighted by Gasteiger charge is 2.53. The number of nitro groups is 1. The number of aromatic nitrogens is 1. The molecule has 0 unspecified atom stereocenters. The van der Waals surface area contributed by atoms with E-state index in [4.69, 9.17) is 9.84 Å². The van der Waals surface area contributed by atoms with Crippen LogP contribution in [0.2, 0.25) is 0 Å². The van der Waals surface area contributed by atoms with Gasteiger partial charge < -0.3 is 20.1 Å². The number of rotatable bonds is 3. The third-order valence-corrected chi connectivity index (χ3v) is 3.32. The topological polar surface area (TPSA) is 135 Å². The fourth-order valence-corrected chi connectivity index (χ4v) is 2.17. The van der Waals surface area contributed by atoms with Crippen LogP contribution in [0, 0.1) is 10.1 Å². The summed E-state index contributed by atoms with van der Waals surface area (Å²) in [7, 11) is 0. The van der Waals surface area contributed by atoms with Crippen LogP contribution in [0.15, 0.2) is 23.1 Å². The van der Waals surface area contributed by atoms with Crippen LogP contribution < -0.4 is 5.56 Å². The Morgan fingerprint density at radius 2 is 2.20 bits per heavy atom. The summed E-state index contributed by atoms with van der Waals surface area (Å²) in [6, 6.07) is 2.00. The van der Waals surface area contributed by atoms with Gasteiger partial charge in [0, 0.05) is 12.1 Å². The van der Waals surface area contributed by atoms with Crippen LogP contribution in [-0.4, -0.2) is 49.2 Å².